The van der Waals surface area contributed by atoms with Gasteiger partial charge in [0.1, 0.15) is 5.75 Å². The van der Waals surface area contributed by atoms with E-state index in [0.29, 0.717) is 12.2 Å². The highest BCUT2D eigenvalue weighted by Crippen LogP contribution is 2.17. The smallest absolute Gasteiger partial charge is 0.319 e. The van der Waals surface area contributed by atoms with Crippen LogP contribution in [0.1, 0.15) is 24.2 Å². The Labute approximate surface area is 147 Å². The van der Waals surface area contributed by atoms with Gasteiger partial charge in [-0.25, -0.2) is 14.8 Å². The van der Waals surface area contributed by atoms with Crippen molar-refractivity contribution >= 4 is 17.7 Å². The summed E-state index contributed by atoms with van der Waals surface area (Å²) in [6, 6.07) is 8.80. The highest BCUT2D eigenvalue weighted by Gasteiger charge is 2.16. The van der Waals surface area contributed by atoms with Gasteiger partial charge in [0.15, 0.2) is 0 Å². The average Bonchev–Trinajstić information content (AvgIpc) is 3.15. The van der Waals surface area contributed by atoms with Crippen molar-refractivity contribution in [2.45, 2.75) is 26.3 Å². The molecule has 7 heteroatoms. The number of ether oxygens (including phenoxy) is 1. The standard InChI is InChI=1S/C18H23N5O2/c1-13-11-15(21-17(20-13)23-9-3-4-10-23)12-19-18(24)22-14-5-7-16(25-2)8-6-14/h5-8,11H,3-4,9-10,12H2,1-2H3,(H2,19,22,24). The van der Waals surface area contributed by atoms with E-state index in [1.165, 1.54) is 12.8 Å². The molecule has 2 heterocycles. The Morgan fingerprint density at radius 2 is 1.92 bits per heavy atom. The van der Waals surface area contributed by atoms with E-state index in [9.17, 15) is 4.79 Å². The van der Waals surface area contributed by atoms with Crippen LogP contribution in [-0.4, -0.2) is 36.2 Å². The van der Waals surface area contributed by atoms with E-state index in [0.717, 1.165) is 36.2 Å². The molecular weight excluding hydrogens is 318 g/mol. The number of nitrogens with one attached hydrogen (secondary N) is 2. The first-order valence-corrected chi connectivity index (χ1v) is 8.42. The van der Waals surface area contributed by atoms with E-state index in [1.54, 1.807) is 31.4 Å². The predicted molar refractivity (Wildman–Crippen MR) is 97.1 cm³/mol. The first kappa shape index (κ1) is 17.0. The number of rotatable bonds is 5. The minimum Gasteiger partial charge on any atom is -0.497 e. The van der Waals surface area contributed by atoms with E-state index in [2.05, 4.69) is 25.5 Å². The fourth-order valence-electron chi connectivity index (χ4n) is 2.79. The Hall–Kier alpha value is -2.83. The Kier molecular flexibility index (Phi) is 5.33. The number of aromatic nitrogens is 2. The molecule has 0 saturated carbocycles. The molecule has 7 nitrogen and oxygen atoms in total. The SMILES string of the molecule is COc1ccc(NC(=O)NCc2cc(C)nc(N3CCCC3)n2)cc1. The van der Waals surface area contributed by atoms with E-state index in [1.807, 2.05) is 13.0 Å². The van der Waals surface area contributed by atoms with Gasteiger partial charge in [-0.05, 0) is 50.1 Å². The molecule has 1 aliphatic heterocycles. The fraction of sp³-hybridized carbons (Fsp3) is 0.389. The van der Waals surface area contributed by atoms with Crippen molar-refractivity contribution in [3.63, 3.8) is 0 Å². The second kappa shape index (κ2) is 7.83. The molecule has 0 aliphatic carbocycles. The van der Waals surface area contributed by atoms with E-state index in [4.69, 9.17) is 4.74 Å². The van der Waals surface area contributed by atoms with Crippen molar-refractivity contribution in [3.05, 3.63) is 41.7 Å². The maximum atomic E-state index is 12.1. The van der Waals surface area contributed by atoms with Gasteiger partial charge >= 0.3 is 6.03 Å². The lowest BCUT2D eigenvalue weighted by atomic mass is 10.3. The summed E-state index contributed by atoms with van der Waals surface area (Å²) < 4.78 is 5.10. The minimum atomic E-state index is -0.274. The predicted octanol–water partition coefficient (Wildman–Crippen LogP) is 2.72. The summed E-state index contributed by atoms with van der Waals surface area (Å²) in [5.41, 5.74) is 2.42. The van der Waals surface area contributed by atoms with Crippen molar-refractivity contribution < 1.29 is 9.53 Å². The van der Waals surface area contributed by atoms with Gasteiger partial charge in [-0.15, -0.1) is 0 Å². The van der Waals surface area contributed by atoms with Gasteiger partial charge in [0.05, 0.1) is 19.3 Å². The highest BCUT2D eigenvalue weighted by atomic mass is 16.5. The molecule has 3 rings (SSSR count). The third kappa shape index (κ3) is 4.59. The summed E-state index contributed by atoms with van der Waals surface area (Å²) in [6.07, 6.45) is 2.35. The Balaban J connectivity index is 1.57. The Bertz CT molecular complexity index is 727. The molecule has 1 saturated heterocycles. The first-order valence-electron chi connectivity index (χ1n) is 8.42. The van der Waals surface area contributed by atoms with Crippen LogP contribution in [0.3, 0.4) is 0 Å². The van der Waals surface area contributed by atoms with Crippen molar-refractivity contribution in [2.24, 2.45) is 0 Å². The number of hydrogen-bond acceptors (Lipinski definition) is 5. The monoisotopic (exact) mass is 341 g/mol. The van der Waals surface area contributed by atoms with Crippen LogP contribution in [0.4, 0.5) is 16.4 Å². The van der Waals surface area contributed by atoms with Crippen molar-refractivity contribution in [1.82, 2.24) is 15.3 Å². The van der Waals surface area contributed by atoms with Crippen molar-refractivity contribution in [3.8, 4) is 5.75 Å². The summed E-state index contributed by atoms with van der Waals surface area (Å²) in [6.45, 7) is 4.29. The molecule has 0 bridgehead atoms. The molecule has 0 radical (unpaired) electrons. The van der Waals surface area contributed by atoms with Gasteiger partial charge < -0.3 is 20.3 Å². The van der Waals surface area contributed by atoms with Crippen LogP contribution in [0.25, 0.3) is 0 Å². The zero-order valence-electron chi connectivity index (χ0n) is 14.6. The molecule has 0 spiro atoms. The molecule has 1 aliphatic rings. The quantitative estimate of drug-likeness (QED) is 0.874. The Morgan fingerprint density at radius 3 is 2.60 bits per heavy atom. The number of benzene rings is 1. The van der Waals surface area contributed by atoms with E-state index in [-0.39, 0.29) is 6.03 Å². The summed E-state index contributed by atoms with van der Waals surface area (Å²) in [5.74, 6) is 1.50. The molecule has 0 atom stereocenters. The number of carbonyl (C=O) groups excluding carboxylic acids is 1. The molecule has 1 aromatic carbocycles. The van der Waals surface area contributed by atoms with E-state index >= 15 is 0 Å². The molecule has 2 amide bonds. The lowest BCUT2D eigenvalue weighted by Crippen LogP contribution is -2.29. The van der Waals surface area contributed by atoms with Gasteiger partial charge in [-0.1, -0.05) is 0 Å². The van der Waals surface area contributed by atoms with Gasteiger partial charge in [-0.2, -0.15) is 0 Å². The number of methoxy groups -OCH3 is 1. The maximum absolute atomic E-state index is 12.1. The molecule has 25 heavy (non-hydrogen) atoms. The molecular formula is C18H23N5O2. The van der Waals surface area contributed by atoms with Crippen LogP contribution in [0.5, 0.6) is 5.75 Å². The van der Waals surface area contributed by atoms with Crippen LogP contribution >= 0.6 is 0 Å². The maximum Gasteiger partial charge on any atom is 0.319 e. The summed E-state index contributed by atoms with van der Waals surface area (Å²) >= 11 is 0. The summed E-state index contributed by atoms with van der Waals surface area (Å²) in [7, 11) is 1.61. The normalized spacial score (nSPS) is 13.6. The van der Waals surface area contributed by atoms with Gasteiger partial charge in [0.2, 0.25) is 5.95 Å². The molecule has 0 unspecified atom stereocenters. The van der Waals surface area contributed by atoms with Crippen LogP contribution in [0, 0.1) is 6.92 Å². The second-order valence-corrected chi connectivity index (χ2v) is 6.03. The number of carbonyl (C=O) groups is 1. The van der Waals surface area contributed by atoms with Gasteiger partial charge in [0.25, 0.3) is 0 Å². The topological polar surface area (TPSA) is 79.4 Å². The molecule has 132 valence electrons. The number of nitrogens with zero attached hydrogens (tertiary/aromatic N) is 3. The average molecular weight is 341 g/mol. The second-order valence-electron chi connectivity index (χ2n) is 6.03. The zero-order chi connectivity index (χ0) is 17.6. The lowest BCUT2D eigenvalue weighted by Gasteiger charge is -2.16. The van der Waals surface area contributed by atoms with Crippen molar-refractivity contribution in [1.29, 1.82) is 0 Å². The lowest BCUT2D eigenvalue weighted by molar-refractivity contribution is 0.251. The van der Waals surface area contributed by atoms with Crippen LogP contribution < -0.4 is 20.3 Å². The Morgan fingerprint density at radius 1 is 1.20 bits per heavy atom. The number of anilines is 2. The van der Waals surface area contributed by atoms with Gasteiger partial charge in [-0.3, -0.25) is 0 Å². The summed E-state index contributed by atoms with van der Waals surface area (Å²) in [4.78, 5) is 23.3. The van der Waals surface area contributed by atoms with Crippen LogP contribution in [0.15, 0.2) is 30.3 Å². The van der Waals surface area contributed by atoms with Crippen LogP contribution in [0.2, 0.25) is 0 Å². The zero-order valence-corrected chi connectivity index (χ0v) is 14.6. The number of urea groups is 1. The first-order chi connectivity index (χ1) is 12.1. The van der Waals surface area contributed by atoms with E-state index < -0.39 is 0 Å². The fourth-order valence-corrected chi connectivity index (χ4v) is 2.79. The number of hydrogen-bond donors (Lipinski definition) is 2. The highest BCUT2D eigenvalue weighted by molar-refractivity contribution is 5.89. The van der Waals surface area contributed by atoms with Crippen LogP contribution in [-0.2, 0) is 6.54 Å². The molecule has 1 fully saturated rings. The van der Waals surface area contributed by atoms with Gasteiger partial charge in [0, 0.05) is 24.5 Å². The number of amides is 2. The van der Waals surface area contributed by atoms with Crippen molar-refractivity contribution in [2.75, 3.05) is 30.4 Å². The molecule has 2 aromatic rings. The minimum absolute atomic E-state index is 0.274. The number of aryl methyl sites for hydroxylation is 1. The third-order valence-corrected chi connectivity index (χ3v) is 4.06. The third-order valence-electron chi connectivity index (χ3n) is 4.06. The summed E-state index contributed by atoms with van der Waals surface area (Å²) in [5, 5.41) is 5.62. The molecule has 1 aromatic heterocycles. The largest absolute Gasteiger partial charge is 0.497 e. The molecule has 2 N–H and O–H groups in total.